The fourth-order valence-corrected chi connectivity index (χ4v) is 9.99. The van der Waals surface area contributed by atoms with Crippen LogP contribution < -0.4 is 26.4 Å². The summed E-state index contributed by atoms with van der Waals surface area (Å²) < 4.78 is 7.27. The molecule has 3 nitrogen and oxygen atoms in total. The lowest BCUT2D eigenvalue weighted by molar-refractivity contribution is 0.195. The van der Waals surface area contributed by atoms with E-state index in [4.69, 9.17) is 4.42 Å². The van der Waals surface area contributed by atoms with Gasteiger partial charge in [0.25, 0.3) is 6.71 Å². The molecule has 0 bridgehead atoms. The van der Waals surface area contributed by atoms with Crippen molar-refractivity contribution in [3.63, 3.8) is 0 Å². The quantitative estimate of drug-likeness (QED) is 0.191. The van der Waals surface area contributed by atoms with Gasteiger partial charge < -0.3 is 14.2 Å². The van der Waals surface area contributed by atoms with E-state index in [1.165, 1.54) is 87.3 Å². The number of anilines is 5. The van der Waals surface area contributed by atoms with E-state index in [0.717, 1.165) is 11.4 Å². The number of hydrogen-bond donors (Lipinski definition) is 0. The van der Waals surface area contributed by atoms with Gasteiger partial charge in [-0.25, -0.2) is 0 Å². The summed E-state index contributed by atoms with van der Waals surface area (Å²) in [5.41, 5.74) is 15.8. The summed E-state index contributed by atoms with van der Waals surface area (Å²) in [4.78, 5) is 5.31. The maximum absolute atomic E-state index is 7.27. The van der Waals surface area contributed by atoms with Crippen molar-refractivity contribution in [1.29, 1.82) is 0 Å². The van der Waals surface area contributed by atoms with Crippen molar-refractivity contribution in [2.24, 2.45) is 0 Å². The fraction of sp³-hybridized carbons (Fsp3) is 0.282. The van der Waals surface area contributed by atoms with Gasteiger partial charge in [0.2, 0.25) is 0 Å². The molecule has 10 rings (SSSR count). The first-order valence-corrected chi connectivity index (χ1v) is 16.0. The molecule has 0 saturated heterocycles. The van der Waals surface area contributed by atoms with E-state index in [1.54, 1.807) is 0 Å². The molecule has 1 saturated carbocycles. The fourth-order valence-electron chi connectivity index (χ4n) is 9.99. The van der Waals surface area contributed by atoms with Gasteiger partial charge in [-0.05, 0) is 66.1 Å². The summed E-state index contributed by atoms with van der Waals surface area (Å²) in [5.74, 6) is 1.04. The molecule has 43 heavy (non-hydrogen) atoms. The Balaban J connectivity index is 1.36. The number of benzene rings is 4. The van der Waals surface area contributed by atoms with Crippen molar-refractivity contribution in [1.82, 2.24) is 0 Å². The first kappa shape index (κ1) is 24.3. The van der Waals surface area contributed by atoms with Gasteiger partial charge in [-0.1, -0.05) is 100 Å². The molecule has 4 aromatic carbocycles. The van der Waals surface area contributed by atoms with Crippen LogP contribution in [0.2, 0.25) is 0 Å². The highest BCUT2D eigenvalue weighted by molar-refractivity contribution is 6.99. The van der Waals surface area contributed by atoms with Gasteiger partial charge in [-0.3, -0.25) is 0 Å². The number of furan rings is 1. The topological polar surface area (TPSA) is 19.6 Å². The first-order valence-electron chi connectivity index (χ1n) is 16.0. The van der Waals surface area contributed by atoms with E-state index in [-0.39, 0.29) is 23.1 Å². The summed E-state index contributed by atoms with van der Waals surface area (Å²) in [6.45, 7) is 9.88. The predicted molar refractivity (Wildman–Crippen MR) is 178 cm³/mol. The van der Waals surface area contributed by atoms with Gasteiger partial charge in [-0.15, -0.1) is 0 Å². The Bertz CT molecular complexity index is 2020. The zero-order chi connectivity index (χ0) is 28.9. The molecule has 0 spiro atoms. The third-order valence-corrected chi connectivity index (χ3v) is 12.2. The summed E-state index contributed by atoms with van der Waals surface area (Å²) in [6, 6.07) is 34.0. The molecule has 1 fully saturated rings. The Morgan fingerprint density at radius 1 is 0.698 bits per heavy atom. The predicted octanol–water partition coefficient (Wildman–Crippen LogP) is 7.94. The molecule has 5 aromatic rings. The highest BCUT2D eigenvalue weighted by atomic mass is 16.3. The molecular weight excluding hydrogens is 523 g/mol. The number of para-hydroxylation sites is 2. The van der Waals surface area contributed by atoms with Crippen LogP contribution in [0, 0.1) is 0 Å². The molecule has 210 valence electrons. The second kappa shape index (κ2) is 7.66. The minimum atomic E-state index is -0.180. The number of fused-ring (bicyclic) bond motifs is 12. The van der Waals surface area contributed by atoms with Crippen molar-refractivity contribution >= 4 is 51.7 Å². The van der Waals surface area contributed by atoms with Gasteiger partial charge in [0.1, 0.15) is 5.76 Å². The Morgan fingerprint density at radius 3 is 2.30 bits per heavy atom. The Morgan fingerprint density at radius 2 is 1.44 bits per heavy atom. The number of hydrogen-bond acceptors (Lipinski definition) is 3. The standard InChI is InChI=1S/C39H35BN2O/c1-37(2)26-17-9-8-16-25(26)35-31(37)34-36(43-35)40-28-18-10-11-19-29(28)42-33-27(38(3)22-12-13-23-39(38,42)4)20-21-30(32(33)40)41(34)24-14-6-5-7-15-24/h5-11,14-21H,12-13,22-23H2,1-4H3. The minimum absolute atomic E-state index is 0.0352. The molecule has 0 radical (unpaired) electrons. The third-order valence-electron chi connectivity index (χ3n) is 12.2. The van der Waals surface area contributed by atoms with Crippen LogP contribution in [-0.4, -0.2) is 12.3 Å². The molecule has 2 unspecified atom stereocenters. The third kappa shape index (κ3) is 2.59. The van der Waals surface area contributed by atoms with Crippen LogP contribution >= 0.6 is 0 Å². The van der Waals surface area contributed by atoms with E-state index < -0.39 is 0 Å². The summed E-state index contributed by atoms with van der Waals surface area (Å²) >= 11 is 0. The SMILES string of the molecule is CC1(C)c2ccccc2-c2oc3c(c21)N(c1ccccc1)c1ccc2c4c1B3c1ccccc1N4C1(C)CCCCC21C. The van der Waals surface area contributed by atoms with E-state index in [2.05, 4.69) is 128 Å². The summed E-state index contributed by atoms with van der Waals surface area (Å²) in [5, 5.41) is 0. The van der Waals surface area contributed by atoms with Gasteiger partial charge in [0, 0.05) is 44.7 Å². The molecule has 0 amide bonds. The minimum Gasteiger partial charge on any atom is -0.468 e. The van der Waals surface area contributed by atoms with Crippen LogP contribution in [0.5, 0.6) is 0 Å². The molecule has 2 aliphatic carbocycles. The summed E-state index contributed by atoms with van der Waals surface area (Å²) in [6.07, 6.45) is 5.01. The normalized spacial score (nSPS) is 24.6. The van der Waals surface area contributed by atoms with Crippen LogP contribution in [0.1, 0.15) is 70.1 Å². The monoisotopic (exact) mass is 558 g/mol. The Labute approximate surface area is 254 Å². The molecule has 4 heterocycles. The van der Waals surface area contributed by atoms with Crippen LogP contribution in [0.4, 0.5) is 28.4 Å². The molecule has 4 heteroatoms. The maximum atomic E-state index is 7.27. The lowest BCUT2D eigenvalue weighted by Crippen LogP contribution is -2.64. The van der Waals surface area contributed by atoms with E-state index in [1.807, 2.05) is 0 Å². The first-order chi connectivity index (χ1) is 20.9. The van der Waals surface area contributed by atoms with Gasteiger partial charge >= 0.3 is 0 Å². The van der Waals surface area contributed by atoms with Crippen molar-refractivity contribution in [2.75, 3.05) is 9.80 Å². The Hall–Kier alpha value is -4.18. The van der Waals surface area contributed by atoms with E-state index in [9.17, 15) is 0 Å². The molecular formula is C39H35BN2O. The van der Waals surface area contributed by atoms with Gasteiger partial charge in [0.05, 0.1) is 16.9 Å². The van der Waals surface area contributed by atoms with Crippen LogP contribution in [-0.2, 0) is 10.8 Å². The van der Waals surface area contributed by atoms with Crippen LogP contribution in [0.15, 0.2) is 95.4 Å². The van der Waals surface area contributed by atoms with Crippen molar-refractivity contribution in [3.8, 4) is 11.3 Å². The van der Waals surface area contributed by atoms with Gasteiger partial charge in [0.15, 0.2) is 0 Å². The van der Waals surface area contributed by atoms with Gasteiger partial charge in [-0.2, -0.15) is 0 Å². The Kier molecular flexibility index (Phi) is 4.33. The van der Waals surface area contributed by atoms with E-state index >= 15 is 0 Å². The lowest BCUT2D eigenvalue weighted by Gasteiger charge is -2.52. The highest BCUT2D eigenvalue weighted by Crippen LogP contribution is 2.63. The molecule has 3 aliphatic heterocycles. The van der Waals surface area contributed by atoms with E-state index in [0.29, 0.717) is 0 Å². The van der Waals surface area contributed by atoms with Crippen molar-refractivity contribution in [3.05, 3.63) is 108 Å². The number of nitrogens with zero attached hydrogens (tertiary/aromatic N) is 2. The summed E-state index contributed by atoms with van der Waals surface area (Å²) in [7, 11) is 0. The van der Waals surface area contributed by atoms with Crippen molar-refractivity contribution < 1.29 is 4.42 Å². The zero-order valence-electron chi connectivity index (χ0n) is 25.4. The van der Waals surface area contributed by atoms with Crippen molar-refractivity contribution in [2.45, 2.75) is 69.7 Å². The maximum Gasteiger partial charge on any atom is 0.297 e. The molecule has 2 atom stereocenters. The largest absolute Gasteiger partial charge is 0.468 e. The zero-order valence-corrected chi connectivity index (χ0v) is 25.4. The highest BCUT2D eigenvalue weighted by Gasteiger charge is 2.62. The number of rotatable bonds is 1. The smallest absolute Gasteiger partial charge is 0.297 e. The molecule has 0 N–H and O–H groups in total. The van der Waals surface area contributed by atoms with Crippen LogP contribution in [0.3, 0.4) is 0 Å². The average Bonchev–Trinajstić information content (AvgIpc) is 3.60. The lowest BCUT2D eigenvalue weighted by atomic mass is 9.35. The average molecular weight is 559 g/mol. The molecule has 1 aromatic heterocycles. The molecule has 5 aliphatic rings. The second-order valence-electron chi connectivity index (χ2n) is 14.4. The second-order valence-corrected chi connectivity index (χ2v) is 14.4. The van der Waals surface area contributed by atoms with Crippen LogP contribution in [0.25, 0.3) is 11.3 Å².